The molecule has 0 saturated heterocycles. The van der Waals surface area contributed by atoms with Gasteiger partial charge in [-0.3, -0.25) is 0 Å². The van der Waals surface area contributed by atoms with Crippen LogP contribution < -0.4 is 10.1 Å². The fraction of sp³-hybridized carbons (Fsp3) is 0.429. The fourth-order valence-electron chi connectivity index (χ4n) is 1.84. The molecule has 2 aromatic heterocycles. The molecule has 0 radical (unpaired) electrons. The molecule has 0 aromatic carbocycles. The minimum atomic E-state index is 0.254. The van der Waals surface area contributed by atoms with Crippen molar-refractivity contribution in [2.75, 3.05) is 11.9 Å². The van der Waals surface area contributed by atoms with Crippen LogP contribution in [0.2, 0.25) is 0 Å². The zero-order valence-electron chi connectivity index (χ0n) is 11.5. The van der Waals surface area contributed by atoms with E-state index < -0.39 is 0 Å². The summed E-state index contributed by atoms with van der Waals surface area (Å²) in [7, 11) is 0. The number of hydrogen-bond acceptors (Lipinski definition) is 5. The van der Waals surface area contributed by atoms with Crippen molar-refractivity contribution in [2.24, 2.45) is 5.92 Å². The summed E-state index contributed by atoms with van der Waals surface area (Å²) in [5.41, 5.74) is 0. The summed E-state index contributed by atoms with van der Waals surface area (Å²) in [6, 6.07) is 6.31. The van der Waals surface area contributed by atoms with Crippen molar-refractivity contribution in [1.82, 2.24) is 9.97 Å². The molecule has 5 heteroatoms. The summed E-state index contributed by atoms with van der Waals surface area (Å²) in [5.74, 6) is 1.88. The number of nitrogens with zero attached hydrogens (tertiary/aromatic N) is 2. The van der Waals surface area contributed by atoms with Gasteiger partial charge in [0, 0.05) is 10.9 Å². The van der Waals surface area contributed by atoms with E-state index in [1.54, 1.807) is 11.3 Å². The molecule has 2 heterocycles. The quantitative estimate of drug-likeness (QED) is 0.873. The molecule has 2 aromatic rings. The van der Waals surface area contributed by atoms with Gasteiger partial charge in [0.1, 0.15) is 12.1 Å². The maximum absolute atomic E-state index is 5.39. The molecule has 2 rings (SSSR count). The van der Waals surface area contributed by atoms with Gasteiger partial charge in [-0.2, -0.15) is 0 Å². The summed E-state index contributed by atoms with van der Waals surface area (Å²) in [5, 5.41) is 5.55. The summed E-state index contributed by atoms with van der Waals surface area (Å²) in [4.78, 5) is 9.64. The second kappa shape index (κ2) is 6.52. The zero-order valence-corrected chi connectivity index (χ0v) is 12.3. The van der Waals surface area contributed by atoms with E-state index in [1.165, 1.54) is 11.2 Å². The van der Waals surface area contributed by atoms with Gasteiger partial charge >= 0.3 is 0 Å². The summed E-state index contributed by atoms with van der Waals surface area (Å²) in [6.45, 7) is 6.94. The van der Waals surface area contributed by atoms with Gasteiger partial charge in [-0.1, -0.05) is 19.9 Å². The topological polar surface area (TPSA) is 47.0 Å². The fourth-order valence-corrected chi connectivity index (χ4v) is 2.79. The van der Waals surface area contributed by atoms with Crippen molar-refractivity contribution < 1.29 is 4.74 Å². The Kier molecular flexibility index (Phi) is 4.74. The van der Waals surface area contributed by atoms with E-state index in [-0.39, 0.29) is 6.04 Å². The van der Waals surface area contributed by atoms with Gasteiger partial charge in [0.25, 0.3) is 0 Å². The molecule has 102 valence electrons. The Bertz CT molecular complexity index is 499. The number of rotatable bonds is 6. The molecule has 1 atom stereocenters. The van der Waals surface area contributed by atoms with Gasteiger partial charge in [-0.25, -0.2) is 9.97 Å². The van der Waals surface area contributed by atoms with Crippen molar-refractivity contribution in [3.8, 4) is 5.88 Å². The number of anilines is 1. The van der Waals surface area contributed by atoms with E-state index in [4.69, 9.17) is 4.74 Å². The summed E-state index contributed by atoms with van der Waals surface area (Å²) < 4.78 is 5.39. The highest BCUT2D eigenvalue weighted by Crippen LogP contribution is 2.29. The van der Waals surface area contributed by atoms with Gasteiger partial charge in [-0.05, 0) is 24.3 Å². The third kappa shape index (κ3) is 3.67. The van der Waals surface area contributed by atoms with Crippen molar-refractivity contribution in [3.05, 3.63) is 34.8 Å². The molecule has 1 N–H and O–H groups in total. The first-order valence-corrected chi connectivity index (χ1v) is 7.33. The van der Waals surface area contributed by atoms with Gasteiger partial charge < -0.3 is 10.1 Å². The molecule has 0 spiro atoms. The normalized spacial score (nSPS) is 12.4. The predicted octanol–water partition coefficient (Wildman–Crippen LogP) is 3.75. The maximum Gasteiger partial charge on any atom is 0.218 e. The second-order valence-electron chi connectivity index (χ2n) is 4.56. The second-order valence-corrected chi connectivity index (χ2v) is 5.54. The SMILES string of the molecule is CCOc1cc(NC(c2cccs2)C(C)C)ncn1. The highest BCUT2D eigenvalue weighted by molar-refractivity contribution is 7.10. The van der Waals surface area contributed by atoms with E-state index in [1.807, 2.05) is 13.0 Å². The van der Waals surface area contributed by atoms with Crippen LogP contribution in [-0.2, 0) is 0 Å². The van der Waals surface area contributed by atoms with Crippen LogP contribution in [0.3, 0.4) is 0 Å². The van der Waals surface area contributed by atoms with Crippen LogP contribution in [-0.4, -0.2) is 16.6 Å². The molecule has 0 aliphatic heterocycles. The zero-order chi connectivity index (χ0) is 13.7. The van der Waals surface area contributed by atoms with Crippen LogP contribution in [0.5, 0.6) is 5.88 Å². The third-order valence-corrected chi connectivity index (χ3v) is 3.71. The Labute approximate surface area is 117 Å². The molecule has 0 saturated carbocycles. The Morgan fingerprint density at radius 3 is 2.84 bits per heavy atom. The number of nitrogens with one attached hydrogen (secondary N) is 1. The monoisotopic (exact) mass is 277 g/mol. The van der Waals surface area contributed by atoms with E-state index >= 15 is 0 Å². The Morgan fingerprint density at radius 1 is 1.37 bits per heavy atom. The van der Waals surface area contributed by atoms with Crippen LogP contribution in [0.4, 0.5) is 5.82 Å². The Balaban J connectivity index is 2.15. The number of ether oxygens (including phenoxy) is 1. The highest BCUT2D eigenvalue weighted by atomic mass is 32.1. The largest absolute Gasteiger partial charge is 0.478 e. The Hall–Kier alpha value is -1.62. The minimum absolute atomic E-state index is 0.254. The Morgan fingerprint density at radius 2 is 2.21 bits per heavy atom. The van der Waals surface area contributed by atoms with Crippen LogP contribution in [0.15, 0.2) is 29.9 Å². The molecule has 0 aliphatic carbocycles. The van der Waals surface area contributed by atoms with Crippen LogP contribution in [0.1, 0.15) is 31.7 Å². The van der Waals surface area contributed by atoms with Crippen LogP contribution >= 0.6 is 11.3 Å². The predicted molar refractivity (Wildman–Crippen MR) is 78.7 cm³/mol. The van der Waals surface area contributed by atoms with Crippen LogP contribution in [0, 0.1) is 5.92 Å². The lowest BCUT2D eigenvalue weighted by Gasteiger charge is -2.21. The average molecular weight is 277 g/mol. The maximum atomic E-state index is 5.39. The molecule has 4 nitrogen and oxygen atoms in total. The summed E-state index contributed by atoms with van der Waals surface area (Å²) in [6.07, 6.45) is 1.53. The third-order valence-electron chi connectivity index (χ3n) is 2.75. The van der Waals surface area contributed by atoms with E-state index in [0.29, 0.717) is 18.4 Å². The van der Waals surface area contributed by atoms with Crippen molar-refractivity contribution in [1.29, 1.82) is 0 Å². The first-order valence-electron chi connectivity index (χ1n) is 6.45. The molecule has 0 bridgehead atoms. The lowest BCUT2D eigenvalue weighted by molar-refractivity contribution is 0.326. The minimum Gasteiger partial charge on any atom is -0.478 e. The molecular weight excluding hydrogens is 258 g/mol. The van der Waals surface area contributed by atoms with Crippen molar-refractivity contribution in [2.45, 2.75) is 26.8 Å². The van der Waals surface area contributed by atoms with Gasteiger partial charge in [-0.15, -0.1) is 11.3 Å². The lowest BCUT2D eigenvalue weighted by Crippen LogP contribution is -2.16. The van der Waals surface area contributed by atoms with Gasteiger partial charge in [0.2, 0.25) is 5.88 Å². The molecule has 19 heavy (non-hydrogen) atoms. The number of hydrogen-bond donors (Lipinski definition) is 1. The van der Waals surface area contributed by atoms with Crippen LogP contribution in [0.25, 0.3) is 0 Å². The molecule has 0 fully saturated rings. The molecule has 0 aliphatic rings. The van der Waals surface area contributed by atoms with Gasteiger partial charge in [0.05, 0.1) is 12.6 Å². The van der Waals surface area contributed by atoms with Crippen molar-refractivity contribution >= 4 is 17.2 Å². The standard InChI is InChI=1S/C14H19N3OS/c1-4-18-13-8-12(15-9-16-13)17-14(10(2)3)11-6-5-7-19-11/h5-10,14H,4H2,1-3H3,(H,15,16,17). The van der Waals surface area contributed by atoms with E-state index in [9.17, 15) is 0 Å². The number of thiophene rings is 1. The number of aromatic nitrogens is 2. The molecule has 0 amide bonds. The highest BCUT2D eigenvalue weighted by Gasteiger charge is 2.17. The van der Waals surface area contributed by atoms with E-state index in [0.717, 1.165) is 5.82 Å². The van der Waals surface area contributed by atoms with Crippen molar-refractivity contribution in [3.63, 3.8) is 0 Å². The molecule has 1 unspecified atom stereocenters. The van der Waals surface area contributed by atoms with Gasteiger partial charge in [0.15, 0.2) is 0 Å². The lowest BCUT2D eigenvalue weighted by atomic mass is 10.0. The first-order chi connectivity index (χ1) is 9.20. The summed E-state index contributed by atoms with van der Waals surface area (Å²) >= 11 is 1.76. The average Bonchev–Trinajstić information content (AvgIpc) is 2.90. The first kappa shape index (κ1) is 13.8. The molecular formula is C14H19N3OS. The smallest absolute Gasteiger partial charge is 0.218 e. The van der Waals surface area contributed by atoms with E-state index in [2.05, 4.69) is 46.6 Å².